The molecule has 0 fully saturated rings. The van der Waals surface area contributed by atoms with Crippen LogP contribution in [0.4, 0.5) is 5.69 Å². The number of thioether (sulfide) groups is 1. The van der Waals surface area contributed by atoms with E-state index >= 15 is 0 Å². The van der Waals surface area contributed by atoms with Gasteiger partial charge in [0, 0.05) is 11.9 Å². The van der Waals surface area contributed by atoms with Crippen LogP contribution in [-0.4, -0.2) is 17.7 Å². The lowest BCUT2D eigenvalue weighted by atomic mass is 10.1. The van der Waals surface area contributed by atoms with Gasteiger partial charge >= 0.3 is 0 Å². The maximum atomic E-state index is 12.3. The standard InChI is InChI=1S/C13H11NOS/c1-14-10-6-2-3-7-11(10)16-13(12(14)15)8-4-5-9-13/h2-9H,1H3. The number of rotatable bonds is 0. The highest BCUT2D eigenvalue weighted by molar-refractivity contribution is 8.02. The maximum Gasteiger partial charge on any atom is 0.251 e. The van der Waals surface area contributed by atoms with Gasteiger partial charge in [0.05, 0.1) is 5.69 Å². The molecule has 0 unspecified atom stereocenters. The Labute approximate surface area is 98.6 Å². The van der Waals surface area contributed by atoms with Crippen LogP contribution in [0.25, 0.3) is 0 Å². The van der Waals surface area contributed by atoms with E-state index in [4.69, 9.17) is 0 Å². The van der Waals surface area contributed by atoms with Crippen molar-refractivity contribution in [3.8, 4) is 0 Å². The highest BCUT2D eigenvalue weighted by atomic mass is 32.2. The fourth-order valence-corrected chi connectivity index (χ4v) is 3.42. The Morgan fingerprint density at radius 3 is 2.62 bits per heavy atom. The van der Waals surface area contributed by atoms with Gasteiger partial charge in [-0.2, -0.15) is 0 Å². The molecule has 1 aromatic carbocycles. The van der Waals surface area contributed by atoms with Crippen LogP contribution in [0, 0.1) is 0 Å². The molecule has 0 aromatic heterocycles. The van der Waals surface area contributed by atoms with Crippen molar-refractivity contribution in [2.45, 2.75) is 9.64 Å². The van der Waals surface area contributed by atoms with E-state index in [1.165, 1.54) is 0 Å². The molecule has 0 saturated heterocycles. The highest BCUT2D eigenvalue weighted by Crippen LogP contribution is 2.47. The average molecular weight is 229 g/mol. The van der Waals surface area contributed by atoms with E-state index in [1.54, 1.807) is 16.7 Å². The summed E-state index contributed by atoms with van der Waals surface area (Å²) < 4.78 is -0.511. The molecule has 0 N–H and O–H groups in total. The number of carbonyl (C=O) groups is 1. The second-order valence-electron chi connectivity index (χ2n) is 3.95. The zero-order valence-corrected chi connectivity index (χ0v) is 9.70. The number of benzene rings is 1. The first-order chi connectivity index (χ1) is 7.73. The average Bonchev–Trinajstić information content (AvgIpc) is 2.76. The molecule has 0 bridgehead atoms. The van der Waals surface area contributed by atoms with E-state index in [9.17, 15) is 4.79 Å². The van der Waals surface area contributed by atoms with Gasteiger partial charge in [0.25, 0.3) is 5.91 Å². The molecule has 1 heterocycles. The highest BCUT2D eigenvalue weighted by Gasteiger charge is 2.43. The molecule has 1 aromatic rings. The van der Waals surface area contributed by atoms with E-state index in [0.717, 1.165) is 10.6 Å². The van der Waals surface area contributed by atoms with Crippen LogP contribution in [0.3, 0.4) is 0 Å². The van der Waals surface area contributed by atoms with Crippen LogP contribution in [0.1, 0.15) is 0 Å². The summed E-state index contributed by atoms with van der Waals surface area (Å²) in [5, 5.41) is 0. The Bertz CT molecular complexity index is 506. The molecule has 16 heavy (non-hydrogen) atoms. The number of fused-ring (bicyclic) bond motifs is 1. The van der Waals surface area contributed by atoms with Gasteiger partial charge in [0.2, 0.25) is 0 Å². The lowest BCUT2D eigenvalue weighted by Crippen LogP contribution is -2.45. The number of para-hydroxylation sites is 1. The van der Waals surface area contributed by atoms with Gasteiger partial charge in [0.15, 0.2) is 0 Å². The van der Waals surface area contributed by atoms with Crippen molar-refractivity contribution in [1.29, 1.82) is 0 Å². The summed E-state index contributed by atoms with van der Waals surface area (Å²) in [6.07, 6.45) is 7.80. The maximum absolute atomic E-state index is 12.3. The SMILES string of the molecule is CN1C(=O)C2(C=CC=C2)Sc2ccccc21. The largest absolute Gasteiger partial charge is 0.313 e. The van der Waals surface area contributed by atoms with Gasteiger partial charge in [-0.1, -0.05) is 48.2 Å². The fraction of sp³-hybridized carbons (Fsp3) is 0.154. The minimum absolute atomic E-state index is 0.126. The molecule has 1 amide bonds. The normalized spacial score (nSPS) is 20.6. The van der Waals surface area contributed by atoms with E-state index in [2.05, 4.69) is 6.07 Å². The molecule has 0 atom stereocenters. The van der Waals surface area contributed by atoms with Crippen LogP contribution in [-0.2, 0) is 4.79 Å². The summed E-state index contributed by atoms with van der Waals surface area (Å²) >= 11 is 1.61. The number of allylic oxidation sites excluding steroid dienone is 2. The molecule has 80 valence electrons. The molecule has 0 radical (unpaired) electrons. The molecule has 2 aliphatic rings. The summed E-state index contributed by atoms with van der Waals surface area (Å²) in [5.74, 6) is 0.126. The van der Waals surface area contributed by atoms with Gasteiger partial charge in [-0.05, 0) is 12.1 Å². The van der Waals surface area contributed by atoms with E-state index in [0.29, 0.717) is 0 Å². The van der Waals surface area contributed by atoms with Crippen molar-refractivity contribution in [3.63, 3.8) is 0 Å². The first kappa shape index (κ1) is 9.73. The Balaban J connectivity index is 2.16. The zero-order valence-electron chi connectivity index (χ0n) is 8.88. The molecule has 1 aliphatic heterocycles. The van der Waals surface area contributed by atoms with Crippen LogP contribution in [0.5, 0.6) is 0 Å². The topological polar surface area (TPSA) is 20.3 Å². The third kappa shape index (κ3) is 1.18. The number of hydrogen-bond donors (Lipinski definition) is 0. The van der Waals surface area contributed by atoms with Crippen molar-refractivity contribution < 1.29 is 4.79 Å². The minimum atomic E-state index is -0.511. The molecular formula is C13H11NOS. The molecular weight excluding hydrogens is 218 g/mol. The second-order valence-corrected chi connectivity index (χ2v) is 5.26. The van der Waals surface area contributed by atoms with E-state index in [1.807, 2.05) is 49.6 Å². The number of amides is 1. The first-order valence-electron chi connectivity index (χ1n) is 5.16. The minimum Gasteiger partial charge on any atom is -0.313 e. The van der Waals surface area contributed by atoms with Gasteiger partial charge in [-0.3, -0.25) is 4.79 Å². The van der Waals surface area contributed by atoms with E-state index in [-0.39, 0.29) is 5.91 Å². The fourth-order valence-electron chi connectivity index (χ4n) is 2.08. The molecule has 3 heteroatoms. The Morgan fingerprint density at radius 1 is 1.19 bits per heavy atom. The summed E-state index contributed by atoms with van der Waals surface area (Å²) in [5.41, 5.74) is 0.997. The first-order valence-corrected chi connectivity index (χ1v) is 5.98. The zero-order chi connectivity index (χ0) is 11.2. The van der Waals surface area contributed by atoms with Crippen molar-refractivity contribution in [2.75, 3.05) is 11.9 Å². The van der Waals surface area contributed by atoms with Crippen molar-refractivity contribution in [2.24, 2.45) is 0 Å². The van der Waals surface area contributed by atoms with Crippen molar-refractivity contribution in [1.82, 2.24) is 0 Å². The molecule has 0 saturated carbocycles. The third-order valence-corrected chi connectivity index (χ3v) is 4.29. The van der Waals surface area contributed by atoms with Crippen molar-refractivity contribution in [3.05, 3.63) is 48.6 Å². The Kier molecular flexibility index (Phi) is 1.98. The lowest BCUT2D eigenvalue weighted by Gasteiger charge is -2.35. The van der Waals surface area contributed by atoms with Crippen LogP contribution < -0.4 is 4.90 Å². The summed E-state index contributed by atoms with van der Waals surface area (Å²) in [6, 6.07) is 8.01. The summed E-state index contributed by atoms with van der Waals surface area (Å²) in [7, 11) is 1.84. The second kappa shape index (κ2) is 3.25. The van der Waals surface area contributed by atoms with E-state index < -0.39 is 4.75 Å². The molecule has 3 rings (SSSR count). The molecule has 1 aliphatic carbocycles. The molecule has 1 spiro atoms. The predicted octanol–water partition coefficient (Wildman–Crippen LogP) is 2.62. The van der Waals surface area contributed by atoms with Gasteiger partial charge in [0.1, 0.15) is 4.75 Å². The predicted molar refractivity (Wildman–Crippen MR) is 66.7 cm³/mol. The van der Waals surface area contributed by atoms with Crippen LogP contribution in [0.15, 0.2) is 53.5 Å². The van der Waals surface area contributed by atoms with Gasteiger partial charge < -0.3 is 4.90 Å². The monoisotopic (exact) mass is 229 g/mol. The Hall–Kier alpha value is -1.48. The number of carbonyl (C=O) groups excluding carboxylic acids is 1. The van der Waals surface area contributed by atoms with Crippen LogP contribution >= 0.6 is 11.8 Å². The summed E-state index contributed by atoms with van der Waals surface area (Å²) in [4.78, 5) is 15.2. The summed E-state index contributed by atoms with van der Waals surface area (Å²) in [6.45, 7) is 0. The quantitative estimate of drug-likeness (QED) is 0.681. The van der Waals surface area contributed by atoms with Gasteiger partial charge in [-0.15, -0.1) is 0 Å². The number of anilines is 1. The smallest absolute Gasteiger partial charge is 0.251 e. The van der Waals surface area contributed by atoms with Crippen molar-refractivity contribution >= 4 is 23.4 Å². The Morgan fingerprint density at radius 2 is 1.88 bits per heavy atom. The number of nitrogens with zero attached hydrogens (tertiary/aromatic N) is 1. The lowest BCUT2D eigenvalue weighted by molar-refractivity contribution is -0.118. The third-order valence-electron chi connectivity index (χ3n) is 2.94. The number of hydrogen-bond acceptors (Lipinski definition) is 2. The van der Waals surface area contributed by atoms with Gasteiger partial charge in [-0.25, -0.2) is 0 Å². The molecule has 2 nitrogen and oxygen atoms in total. The van der Waals surface area contributed by atoms with Crippen LogP contribution in [0.2, 0.25) is 0 Å².